The normalized spacial score (nSPS) is 13.6. The number of hydrogen-bond acceptors (Lipinski definition) is 4. The molecule has 7 heteroatoms. The van der Waals surface area contributed by atoms with E-state index in [0.29, 0.717) is 17.9 Å². The molecule has 122 valence electrons. The Bertz CT molecular complexity index is 678. The zero-order valence-corrected chi connectivity index (χ0v) is 12.2. The Morgan fingerprint density at radius 2 is 1.96 bits per heavy atom. The second kappa shape index (κ2) is 5.91. The minimum Gasteiger partial charge on any atom is -0.397 e. The first-order chi connectivity index (χ1) is 10.9. The van der Waals surface area contributed by atoms with Crippen LogP contribution in [0, 0.1) is 0 Å². The quantitative estimate of drug-likeness (QED) is 0.837. The lowest BCUT2D eigenvalue weighted by atomic mass is 10.2. The first-order valence-electron chi connectivity index (χ1n) is 7.16. The number of para-hydroxylation sites is 1. The zero-order chi connectivity index (χ0) is 16.4. The molecule has 0 amide bonds. The van der Waals surface area contributed by atoms with Gasteiger partial charge >= 0.3 is 6.18 Å². The largest absolute Gasteiger partial charge is 0.397 e. The number of alkyl halides is 3. The monoisotopic (exact) mass is 323 g/mol. The van der Waals surface area contributed by atoms with E-state index < -0.39 is 12.6 Å². The lowest BCUT2D eigenvalue weighted by molar-refractivity contribution is -0.131. The predicted octanol–water partition coefficient (Wildman–Crippen LogP) is 3.95. The summed E-state index contributed by atoms with van der Waals surface area (Å²) in [5, 5.41) is 4.40. The molecule has 0 aromatic heterocycles. The van der Waals surface area contributed by atoms with Crippen LogP contribution in [0.15, 0.2) is 42.5 Å². The fourth-order valence-corrected chi connectivity index (χ4v) is 2.38. The van der Waals surface area contributed by atoms with Gasteiger partial charge < -0.3 is 15.9 Å². The summed E-state index contributed by atoms with van der Waals surface area (Å²) in [6.07, 6.45) is -5.09. The Kier molecular flexibility index (Phi) is 3.94. The number of benzene rings is 2. The van der Waals surface area contributed by atoms with E-state index in [-0.39, 0.29) is 6.54 Å². The molecule has 0 saturated heterocycles. The van der Waals surface area contributed by atoms with Crippen molar-refractivity contribution < 1.29 is 18.0 Å². The molecule has 3 N–H and O–H groups in total. The summed E-state index contributed by atoms with van der Waals surface area (Å²) in [4.78, 5) is 5.72. The van der Waals surface area contributed by atoms with Crippen molar-refractivity contribution in [2.75, 3.05) is 22.7 Å². The lowest BCUT2D eigenvalue weighted by Crippen LogP contribution is -2.20. The van der Waals surface area contributed by atoms with Gasteiger partial charge in [-0.15, -0.1) is 0 Å². The molecule has 1 aliphatic heterocycles. The summed E-state index contributed by atoms with van der Waals surface area (Å²) < 4.78 is 36.5. The summed E-state index contributed by atoms with van der Waals surface area (Å²) in [5.74, 6) is 0.790. The SMILES string of the molecule is Nc1cc(N2Cc3ccccc3O2)ccc1NCCC(F)(F)F. The highest BCUT2D eigenvalue weighted by Gasteiger charge is 2.26. The van der Waals surface area contributed by atoms with Crippen molar-refractivity contribution in [1.82, 2.24) is 0 Å². The molecular formula is C16H16F3N3O. The topological polar surface area (TPSA) is 50.5 Å². The molecule has 0 saturated carbocycles. The van der Waals surface area contributed by atoms with Crippen molar-refractivity contribution >= 4 is 17.1 Å². The fourth-order valence-electron chi connectivity index (χ4n) is 2.38. The molecule has 4 nitrogen and oxygen atoms in total. The molecule has 1 aliphatic rings. The summed E-state index contributed by atoms with van der Waals surface area (Å²) in [7, 11) is 0. The number of rotatable bonds is 4. The molecular weight excluding hydrogens is 307 g/mol. The second-order valence-corrected chi connectivity index (χ2v) is 5.30. The standard InChI is InChI=1S/C16H16F3N3O/c17-16(18,19)7-8-21-14-6-5-12(9-13(14)20)22-10-11-3-1-2-4-15(11)23-22/h1-6,9,21H,7-8,10,20H2. The van der Waals surface area contributed by atoms with Gasteiger partial charge in [-0.3, -0.25) is 0 Å². The Morgan fingerprint density at radius 1 is 1.17 bits per heavy atom. The third kappa shape index (κ3) is 3.61. The van der Waals surface area contributed by atoms with E-state index in [1.165, 1.54) is 0 Å². The first-order valence-corrected chi connectivity index (χ1v) is 7.16. The van der Waals surface area contributed by atoms with Crippen molar-refractivity contribution in [3.05, 3.63) is 48.0 Å². The van der Waals surface area contributed by atoms with E-state index >= 15 is 0 Å². The molecule has 0 bridgehead atoms. The van der Waals surface area contributed by atoms with E-state index in [9.17, 15) is 13.2 Å². The molecule has 2 aromatic rings. The van der Waals surface area contributed by atoms with Crippen LogP contribution in [0.1, 0.15) is 12.0 Å². The van der Waals surface area contributed by atoms with Crippen molar-refractivity contribution in [2.45, 2.75) is 19.1 Å². The van der Waals surface area contributed by atoms with Gasteiger partial charge in [0.15, 0.2) is 5.75 Å². The molecule has 0 fully saturated rings. The summed E-state index contributed by atoms with van der Waals surface area (Å²) in [5.41, 5.74) is 8.60. The minimum atomic E-state index is -4.18. The number of nitrogens with zero attached hydrogens (tertiary/aromatic N) is 1. The number of nitrogen functional groups attached to an aromatic ring is 1. The van der Waals surface area contributed by atoms with Gasteiger partial charge in [0, 0.05) is 12.1 Å². The van der Waals surface area contributed by atoms with Crippen molar-refractivity contribution in [2.24, 2.45) is 0 Å². The number of hydrogen-bond donors (Lipinski definition) is 2. The van der Waals surface area contributed by atoms with Crippen LogP contribution in [0.4, 0.5) is 30.2 Å². The van der Waals surface area contributed by atoms with Gasteiger partial charge in [0.25, 0.3) is 0 Å². The highest BCUT2D eigenvalue weighted by molar-refractivity contribution is 5.72. The lowest BCUT2D eigenvalue weighted by Gasteiger charge is -2.18. The average molecular weight is 323 g/mol. The van der Waals surface area contributed by atoms with Gasteiger partial charge in [0.1, 0.15) is 0 Å². The van der Waals surface area contributed by atoms with Crippen LogP contribution in [0.5, 0.6) is 5.75 Å². The zero-order valence-electron chi connectivity index (χ0n) is 12.2. The van der Waals surface area contributed by atoms with Crippen LogP contribution < -0.4 is 21.0 Å². The molecule has 23 heavy (non-hydrogen) atoms. The van der Waals surface area contributed by atoms with Gasteiger partial charge in [-0.05, 0) is 24.3 Å². The molecule has 0 spiro atoms. The Morgan fingerprint density at radius 3 is 2.65 bits per heavy atom. The van der Waals surface area contributed by atoms with Crippen molar-refractivity contribution in [3.63, 3.8) is 0 Å². The second-order valence-electron chi connectivity index (χ2n) is 5.30. The molecule has 1 heterocycles. The van der Waals surface area contributed by atoms with E-state index in [2.05, 4.69) is 5.32 Å². The van der Waals surface area contributed by atoms with E-state index in [1.807, 2.05) is 24.3 Å². The molecule has 0 aliphatic carbocycles. The first kappa shape index (κ1) is 15.3. The van der Waals surface area contributed by atoms with Crippen LogP contribution >= 0.6 is 0 Å². The van der Waals surface area contributed by atoms with E-state index in [4.69, 9.17) is 10.6 Å². The van der Waals surface area contributed by atoms with Gasteiger partial charge in [-0.2, -0.15) is 13.2 Å². The maximum Gasteiger partial charge on any atom is 0.390 e. The van der Waals surface area contributed by atoms with Gasteiger partial charge in [0.2, 0.25) is 0 Å². The number of fused-ring (bicyclic) bond motifs is 1. The van der Waals surface area contributed by atoms with Crippen LogP contribution in [0.2, 0.25) is 0 Å². The number of anilines is 3. The van der Waals surface area contributed by atoms with Crippen LogP contribution in [-0.4, -0.2) is 12.7 Å². The summed E-state index contributed by atoms with van der Waals surface area (Å²) in [6, 6.07) is 12.8. The number of nitrogens with one attached hydrogen (secondary N) is 1. The Labute approximate surface area is 131 Å². The average Bonchev–Trinajstić information content (AvgIpc) is 2.91. The molecule has 0 unspecified atom stereocenters. The van der Waals surface area contributed by atoms with Crippen LogP contribution in [-0.2, 0) is 6.54 Å². The van der Waals surface area contributed by atoms with E-state index in [1.54, 1.807) is 23.3 Å². The number of hydroxylamine groups is 1. The Hall–Kier alpha value is -2.57. The van der Waals surface area contributed by atoms with Gasteiger partial charge in [0.05, 0.1) is 30.0 Å². The van der Waals surface area contributed by atoms with Crippen LogP contribution in [0.3, 0.4) is 0 Å². The number of halogens is 3. The maximum absolute atomic E-state index is 12.2. The van der Waals surface area contributed by atoms with Gasteiger partial charge in [-0.25, -0.2) is 5.06 Å². The van der Waals surface area contributed by atoms with E-state index in [0.717, 1.165) is 17.0 Å². The maximum atomic E-state index is 12.2. The molecule has 0 atom stereocenters. The van der Waals surface area contributed by atoms with Crippen molar-refractivity contribution in [3.8, 4) is 5.75 Å². The van der Waals surface area contributed by atoms with Crippen LogP contribution in [0.25, 0.3) is 0 Å². The highest BCUT2D eigenvalue weighted by atomic mass is 19.4. The third-order valence-corrected chi connectivity index (χ3v) is 3.54. The highest BCUT2D eigenvalue weighted by Crippen LogP contribution is 2.33. The summed E-state index contributed by atoms with van der Waals surface area (Å²) >= 11 is 0. The minimum absolute atomic E-state index is 0.210. The van der Waals surface area contributed by atoms with Gasteiger partial charge in [-0.1, -0.05) is 18.2 Å². The fraction of sp³-hybridized carbons (Fsp3) is 0.250. The smallest absolute Gasteiger partial charge is 0.390 e. The summed E-state index contributed by atoms with van der Waals surface area (Å²) in [6.45, 7) is 0.384. The molecule has 3 rings (SSSR count). The predicted molar refractivity (Wildman–Crippen MR) is 83.3 cm³/mol. The molecule has 2 aromatic carbocycles. The van der Waals surface area contributed by atoms with Crippen molar-refractivity contribution in [1.29, 1.82) is 0 Å². The third-order valence-electron chi connectivity index (χ3n) is 3.54. The number of nitrogens with two attached hydrogens (primary N) is 1. The molecule has 0 radical (unpaired) electrons. The Balaban J connectivity index is 1.66.